The number of hydrogen-bond acceptors (Lipinski definition) is 3. The molecule has 0 aliphatic carbocycles. The van der Waals surface area contributed by atoms with Crippen LogP contribution in [0.25, 0.3) is 0 Å². The van der Waals surface area contributed by atoms with Gasteiger partial charge < -0.3 is 10.5 Å². The molecule has 1 unspecified atom stereocenters. The Morgan fingerprint density at radius 3 is 2.55 bits per heavy atom. The van der Waals surface area contributed by atoms with Crippen molar-refractivity contribution in [3.05, 3.63) is 35.9 Å². The van der Waals surface area contributed by atoms with E-state index in [1.54, 1.807) is 0 Å². The highest BCUT2D eigenvalue weighted by molar-refractivity contribution is 5.69. The maximum Gasteiger partial charge on any atom is 0.306 e. The summed E-state index contributed by atoms with van der Waals surface area (Å²) < 4.78 is 5.28. The van der Waals surface area contributed by atoms with Gasteiger partial charge >= 0.3 is 5.97 Å². The summed E-state index contributed by atoms with van der Waals surface area (Å²) in [6.07, 6.45) is 3.24. The van der Waals surface area contributed by atoms with Gasteiger partial charge in [-0.1, -0.05) is 44.2 Å². The van der Waals surface area contributed by atoms with Gasteiger partial charge in [0, 0.05) is 6.42 Å². The van der Waals surface area contributed by atoms with Crippen molar-refractivity contribution < 1.29 is 9.53 Å². The Hall–Kier alpha value is -1.35. The van der Waals surface area contributed by atoms with E-state index < -0.39 is 0 Å². The summed E-state index contributed by atoms with van der Waals surface area (Å²) in [7, 11) is 0. The Morgan fingerprint density at radius 1 is 1.25 bits per heavy atom. The fraction of sp³-hybridized carbons (Fsp3) is 0.588. The molecular weight excluding hydrogens is 250 g/mol. The quantitative estimate of drug-likeness (QED) is 0.557. The molecule has 0 aromatic heterocycles. The lowest BCUT2D eigenvalue weighted by atomic mass is 9.94. The normalized spacial score (nSPS) is 12.4. The van der Waals surface area contributed by atoms with Gasteiger partial charge in [0.15, 0.2) is 0 Å². The molecule has 0 saturated carbocycles. The third-order valence-corrected chi connectivity index (χ3v) is 3.31. The van der Waals surface area contributed by atoms with Gasteiger partial charge in [0.25, 0.3) is 0 Å². The number of rotatable bonds is 9. The Morgan fingerprint density at radius 2 is 1.95 bits per heavy atom. The third-order valence-electron chi connectivity index (χ3n) is 3.31. The molecule has 3 heteroatoms. The van der Waals surface area contributed by atoms with E-state index in [-0.39, 0.29) is 11.9 Å². The fourth-order valence-corrected chi connectivity index (χ4v) is 2.33. The van der Waals surface area contributed by atoms with Crippen LogP contribution in [0.5, 0.6) is 0 Å². The molecule has 1 atom stereocenters. The van der Waals surface area contributed by atoms with E-state index in [4.69, 9.17) is 10.5 Å². The number of benzene rings is 1. The summed E-state index contributed by atoms with van der Waals surface area (Å²) in [6, 6.07) is 10.2. The number of hydrogen-bond donors (Lipinski definition) is 1. The number of aryl methyl sites for hydroxylation is 1. The summed E-state index contributed by atoms with van der Waals surface area (Å²) >= 11 is 0. The van der Waals surface area contributed by atoms with Gasteiger partial charge in [-0.05, 0) is 43.2 Å². The first kappa shape index (κ1) is 16.7. The SMILES string of the molecule is CC(C)CC(CN)CC(=O)OCCCc1ccccc1. The predicted molar refractivity (Wildman–Crippen MR) is 82.3 cm³/mol. The molecule has 0 aliphatic rings. The highest BCUT2D eigenvalue weighted by Crippen LogP contribution is 2.15. The molecule has 1 rings (SSSR count). The molecular formula is C17H27NO2. The van der Waals surface area contributed by atoms with Crippen molar-refractivity contribution in [1.29, 1.82) is 0 Å². The average molecular weight is 277 g/mol. The van der Waals surface area contributed by atoms with E-state index in [0.717, 1.165) is 19.3 Å². The first-order valence-corrected chi connectivity index (χ1v) is 7.51. The Bertz CT molecular complexity index is 376. The molecule has 0 amide bonds. The number of nitrogens with two attached hydrogens (primary N) is 1. The van der Waals surface area contributed by atoms with E-state index in [1.165, 1.54) is 5.56 Å². The van der Waals surface area contributed by atoms with Crippen molar-refractivity contribution in [3.63, 3.8) is 0 Å². The minimum atomic E-state index is -0.117. The van der Waals surface area contributed by atoms with Crippen LogP contribution >= 0.6 is 0 Å². The minimum absolute atomic E-state index is 0.117. The van der Waals surface area contributed by atoms with E-state index in [1.807, 2.05) is 18.2 Å². The van der Waals surface area contributed by atoms with Crippen LogP contribution in [0.3, 0.4) is 0 Å². The van der Waals surface area contributed by atoms with E-state index in [9.17, 15) is 4.79 Å². The molecule has 0 radical (unpaired) electrons. The zero-order valence-corrected chi connectivity index (χ0v) is 12.7. The second kappa shape index (κ2) is 9.54. The van der Waals surface area contributed by atoms with Gasteiger partial charge in [-0.3, -0.25) is 4.79 Å². The van der Waals surface area contributed by atoms with Gasteiger partial charge in [0.2, 0.25) is 0 Å². The van der Waals surface area contributed by atoms with Crippen LogP contribution in [-0.2, 0) is 16.0 Å². The van der Waals surface area contributed by atoms with E-state index in [0.29, 0.717) is 25.5 Å². The minimum Gasteiger partial charge on any atom is -0.466 e. The monoisotopic (exact) mass is 277 g/mol. The topological polar surface area (TPSA) is 52.3 Å². The molecule has 0 aliphatic heterocycles. The molecule has 0 fully saturated rings. The first-order chi connectivity index (χ1) is 9.61. The summed E-state index contributed by atoms with van der Waals surface area (Å²) in [6.45, 7) is 5.34. The van der Waals surface area contributed by atoms with Gasteiger partial charge in [-0.2, -0.15) is 0 Å². The molecule has 0 spiro atoms. The molecule has 0 saturated heterocycles. The van der Waals surface area contributed by atoms with Crippen molar-refractivity contribution in [3.8, 4) is 0 Å². The lowest BCUT2D eigenvalue weighted by Crippen LogP contribution is -2.21. The van der Waals surface area contributed by atoms with Crippen molar-refractivity contribution in [2.24, 2.45) is 17.6 Å². The smallest absolute Gasteiger partial charge is 0.306 e. The largest absolute Gasteiger partial charge is 0.466 e. The number of carbonyl (C=O) groups is 1. The lowest BCUT2D eigenvalue weighted by Gasteiger charge is -2.16. The molecule has 112 valence electrons. The van der Waals surface area contributed by atoms with Gasteiger partial charge in [-0.25, -0.2) is 0 Å². The second-order valence-electron chi connectivity index (χ2n) is 5.75. The van der Waals surface area contributed by atoms with Crippen molar-refractivity contribution >= 4 is 5.97 Å². The summed E-state index contributed by atoms with van der Waals surface area (Å²) in [5.74, 6) is 0.695. The van der Waals surface area contributed by atoms with Crippen LogP contribution in [0.1, 0.15) is 38.7 Å². The average Bonchev–Trinajstić information content (AvgIpc) is 2.43. The zero-order chi connectivity index (χ0) is 14.8. The third kappa shape index (κ3) is 7.29. The van der Waals surface area contributed by atoms with Gasteiger partial charge in [0.1, 0.15) is 0 Å². The zero-order valence-electron chi connectivity index (χ0n) is 12.7. The Kier molecular flexibility index (Phi) is 7.97. The molecule has 0 heterocycles. The maximum atomic E-state index is 11.7. The van der Waals surface area contributed by atoms with Gasteiger partial charge in [0.05, 0.1) is 6.61 Å². The second-order valence-corrected chi connectivity index (χ2v) is 5.75. The highest BCUT2D eigenvalue weighted by Gasteiger charge is 2.14. The molecule has 1 aromatic carbocycles. The Labute approximate surface area is 122 Å². The predicted octanol–water partition coefficient (Wildman–Crippen LogP) is 3.17. The van der Waals surface area contributed by atoms with Crippen LogP contribution in [0.2, 0.25) is 0 Å². The van der Waals surface area contributed by atoms with E-state index >= 15 is 0 Å². The van der Waals surface area contributed by atoms with Crippen molar-refractivity contribution in [2.45, 2.75) is 39.5 Å². The number of esters is 1. The standard InChI is InChI=1S/C17H27NO2/c1-14(2)11-16(13-18)12-17(19)20-10-6-9-15-7-4-3-5-8-15/h3-5,7-8,14,16H,6,9-13,18H2,1-2H3. The molecule has 1 aromatic rings. The molecule has 0 bridgehead atoms. The van der Waals surface area contributed by atoms with E-state index in [2.05, 4.69) is 26.0 Å². The van der Waals surface area contributed by atoms with Gasteiger partial charge in [-0.15, -0.1) is 0 Å². The summed E-state index contributed by atoms with van der Waals surface area (Å²) in [5, 5.41) is 0. The summed E-state index contributed by atoms with van der Waals surface area (Å²) in [5.41, 5.74) is 6.97. The first-order valence-electron chi connectivity index (χ1n) is 7.51. The number of ether oxygens (including phenoxy) is 1. The fourth-order valence-electron chi connectivity index (χ4n) is 2.33. The van der Waals surface area contributed by atoms with Crippen molar-refractivity contribution in [2.75, 3.05) is 13.2 Å². The van der Waals surface area contributed by atoms with Crippen LogP contribution in [0, 0.1) is 11.8 Å². The van der Waals surface area contributed by atoms with Crippen LogP contribution < -0.4 is 5.73 Å². The highest BCUT2D eigenvalue weighted by atomic mass is 16.5. The van der Waals surface area contributed by atoms with Crippen molar-refractivity contribution in [1.82, 2.24) is 0 Å². The lowest BCUT2D eigenvalue weighted by molar-refractivity contribution is -0.144. The molecule has 2 N–H and O–H groups in total. The maximum absolute atomic E-state index is 11.7. The van der Waals surface area contributed by atoms with Crippen LogP contribution in [0.4, 0.5) is 0 Å². The van der Waals surface area contributed by atoms with Crippen LogP contribution in [0.15, 0.2) is 30.3 Å². The number of carbonyl (C=O) groups excluding carboxylic acids is 1. The van der Waals surface area contributed by atoms with Crippen LogP contribution in [-0.4, -0.2) is 19.1 Å². The molecule has 20 heavy (non-hydrogen) atoms. The summed E-state index contributed by atoms with van der Waals surface area (Å²) in [4.78, 5) is 11.7. The Balaban J connectivity index is 2.16. The molecule has 3 nitrogen and oxygen atoms in total.